The van der Waals surface area contributed by atoms with Crippen LogP contribution in [0.5, 0.6) is 5.75 Å². The minimum absolute atomic E-state index is 0.00360. The third-order valence-electron chi connectivity index (χ3n) is 7.52. The van der Waals surface area contributed by atoms with Crippen molar-refractivity contribution in [2.24, 2.45) is 0 Å². The molecular weight excluding hydrogens is 644 g/mol. The first kappa shape index (κ1) is 33.2. The first-order chi connectivity index (χ1) is 19.3. The third kappa shape index (κ3) is 8.40. The molecule has 1 unspecified atom stereocenters. The number of nitrogens with zero attached hydrogens (tertiary/aromatic N) is 2. The van der Waals surface area contributed by atoms with Crippen LogP contribution in [0.1, 0.15) is 77.1 Å². The fourth-order valence-corrected chi connectivity index (χ4v) is 7.60. The number of benzene rings is 3. The van der Waals surface area contributed by atoms with Crippen LogP contribution in [0.4, 0.5) is 11.4 Å². The summed E-state index contributed by atoms with van der Waals surface area (Å²) in [5, 5.41) is 10.7. The van der Waals surface area contributed by atoms with Crippen molar-refractivity contribution >= 4 is 35.4 Å². The average molecular weight is 687 g/mol. The largest absolute Gasteiger partial charge is 0.365 e. The maximum Gasteiger partial charge on any atom is 0.0435 e. The molecule has 0 aliphatic carbocycles. The molecule has 41 heavy (non-hydrogen) atoms. The third-order valence-corrected chi connectivity index (χ3v) is 9.35. The van der Waals surface area contributed by atoms with Gasteiger partial charge in [-0.05, 0) is 49.8 Å². The number of ether oxygens (including phenoxy) is 1. The van der Waals surface area contributed by atoms with Crippen molar-refractivity contribution in [3.63, 3.8) is 0 Å². The Morgan fingerprint density at radius 3 is 2.12 bits per heavy atom. The van der Waals surface area contributed by atoms with Crippen molar-refractivity contribution in [2.75, 3.05) is 11.4 Å². The van der Waals surface area contributed by atoms with Gasteiger partial charge in [0.15, 0.2) is 0 Å². The maximum absolute atomic E-state index is 10.7. The first-order valence-electron chi connectivity index (χ1n) is 14.0. The van der Waals surface area contributed by atoms with E-state index in [1.54, 1.807) is 10.7 Å². The molecule has 1 heterocycles. The van der Waals surface area contributed by atoms with E-state index >= 15 is 0 Å². The van der Waals surface area contributed by atoms with Gasteiger partial charge in [0.2, 0.25) is 0 Å². The summed E-state index contributed by atoms with van der Waals surface area (Å²) in [6.07, 6.45) is 3.36. The molecule has 1 fully saturated rings. The van der Waals surface area contributed by atoms with Crippen LogP contribution in [-0.2, 0) is 31.8 Å². The Kier molecular flexibility index (Phi) is 11.6. The van der Waals surface area contributed by atoms with Gasteiger partial charge in [-0.3, -0.25) is 0 Å². The van der Waals surface area contributed by atoms with Crippen LogP contribution in [0.3, 0.4) is 0 Å². The van der Waals surface area contributed by atoms with E-state index in [1.165, 1.54) is 40.9 Å². The predicted molar refractivity (Wildman–Crippen MR) is 171 cm³/mol. The van der Waals surface area contributed by atoms with E-state index < -0.39 is 18.4 Å². The number of halogens is 2. The van der Waals surface area contributed by atoms with Crippen LogP contribution in [0.15, 0.2) is 66.7 Å². The Morgan fingerprint density at radius 1 is 1.00 bits per heavy atom. The summed E-state index contributed by atoms with van der Waals surface area (Å²) in [5.74, 6) is 0.561. The van der Waals surface area contributed by atoms with E-state index in [-0.39, 0.29) is 22.7 Å². The normalized spacial score (nSPS) is 18.0. The molecule has 0 radical (unpaired) electrons. The Hall–Kier alpha value is -2.27. The van der Waals surface area contributed by atoms with Crippen molar-refractivity contribution in [2.45, 2.75) is 84.8 Å². The monoisotopic (exact) mass is 686 g/mol. The topological polar surface area (TPSA) is 55.6 Å². The summed E-state index contributed by atoms with van der Waals surface area (Å²) in [4.78, 5) is 12.9. The van der Waals surface area contributed by atoms with Gasteiger partial charge in [0.05, 0.1) is 0 Å². The summed E-state index contributed by atoms with van der Waals surface area (Å²) in [6.45, 7) is 16.7. The van der Waals surface area contributed by atoms with Crippen LogP contribution in [-0.4, -0.2) is 27.7 Å². The van der Waals surface area contributed by atoms with E-state index in [0.717, 1.165) is 19.4 Å². The molecule has 8 heteroatoms. The van der Waals surface area contributed by atoms with E-state index in [0.29, 0.717) is 11.3 Å². The van der Waals surface area contributed by atoms with Crippen molar-refractivity contribution < 1.29 is 23.2 Å². The number of rotatable bonds is 8. The minimum atomic E-state index is -2.05. The molecular formula is C33H42Cl2N2O3Ru. The molecule has 0 saturated carbocycles. The number of non-ortho nitro benzene ring substituents is 1. The van der Waals surface area contributed by atoms with Gasteiger partial charge in [0.1, 0.15) is 0 Å². The summed E-state index contributed by atoms with van der Waals surface area (Å²) in [7, 11) is 11.6. The van der Waals surface area contributed by atoms with Crippen molar-refractivity contribution in [3.8, 4) is 5.75 Å². The zero-order chi connectivity index (χ0) is 30.4. The van der Waals surface area contributed by atoms with Gasteiger partial charge in [0, 0.05) is 23.2 Å². The second-order valence-electron chi connectivity index (χ2n) is 11.6. The molecule has 1 aliphatic rings. The average Bonchev–Trinajstić information content (AvgIpc) is 3.18. The predicted octanol–water partition coefficient (Wildman–Crippen LogP) is 9.22. The molecule has 1 atom stereocenters. The van der Waals surface area contributed by atoms with Crippen molar-refractivity contribution in [1.29, 1.82) is 0 Å². The summed E-state index contributed by atoms with van der Waals surface area (Å²) >= 11 is -2.05. The Morgan fingerprint density at radius 2 is 1.61 bits per heavy atom. The second-order valence-corrected chi connectivity index (χ2v) is 17.3. The van der Waals surface area contributed by atoms with Gasteiger partial charge in [-0.25, -0.2) is 0 Å². The fourth-order valence-electron chi connectivity index (χ4n) is 5.82. The molecule has 4 rings (SSSR count). The number of para-hydroxylation sites is 1. The van der Waals surface area contributed by atoms with Crippen molar-refractivity contribution in [1.82, 2.24) is 0 Å². The Balaban J connectivity index is 0.000000241. The maximum atomic E-state index is 10.7. The molecule has 0 bridgehead atoms. The number of nitro groups is 1. The van der Waals surface area contributed by atoms with E-state index in [1.807, 2.05) is 13.8 Å². The molecule has 0 amide bonds. The zero-order valence-electron chi connectivity index (χ0n) is 25.1. The van der Waals surface area contributed by atoms with Crippen LogP contribution in [0.2, 0.25) is 0 Å². The van der Waals surface area contributed by atoms with Gasteiger partial charge in [-0.2, -0.15) is 0 Å². The summed E-state index contributed by atoms with van der Waals surface area (Å²) in [5.41, 5.74) is 6.88. The minimum Gasteiger partial charge on any atom is -0.365 e. The van der Waals surface area contributed by atoms with Gasteiger partial charge < -0.3 is 4.90 Å². The van der Waals surface area contributed by atoms with Crippen molar-refractivity contribution in [3.05, 3.63) is 99.1 Å². The zero-order valence-corrected chi connectivity index (χ0v) is 28.3. The number of hydrogen-bond donors (Lipinski definition) is 0. The first-order valence-corrected chi connectivity index (χ1v) is 19.5. The number of nitro benzene ring substituents is 1. The molecule has 5 nitrogen and oxygen atoms in total. The molecule has 0 aromatic heterocycles. The summed E-state index contributed by atoms with van der Waals surface area (Å²) < 4.78 is 7.17. The summed E-state index contributed by atoms with van der Waals surface area (Å²) in [6, 6.07) is 22.3. The Labute approximate surface area is 258 Å². The SMILES string of the molecule is CC(C)Oc1ccc([N+](=O)[O-])cc1[CH]=[Ru]([Cl])[Cl].CCc1cccc(CC)c1N1CC(C)(c2ccccc2)CC1(C)C. The number of aryl methyl sites for hydroxylation is 2. The molecule has 0 N–H and O–H groups in total. The van der Waals surface area contributed by atoms with Gasteiger partial charge in [-0.15, -0.1) is 0 Å². The second kappa shape index (κ2) is 14.3. The quantitative estimate of drug-likeness (QED) is 0.135. The van der Waals surface area contributed by atoms with Gasteiger partial charge in [0.25, 0.3) is 0 Å². The van der Waals surface area contributed by atoms with E-state index in [2.05, 4.69) is 88.0 Å². The van der Waals surface area contributed by atoms with E-state index in [9.17, 15) is 10.1 Å². The number of hydrogen-bond acceptors (Lipinski definition) is 4. The van der Waals surface area contributed by atoms with Crippen LogP contribution < -0.4 is 9.64 Å². The molecule has 1 saturated heterocycles. The van der Waals surface area contributed by atoms with Gasteiger partial charge in [-0.1, -0.05) is 69.3 Å². The van der Waals surface area contributed by atoms with Crippen LogP contribution in [0, 0.1) is 10.1 Å². The van der Waals surface area contributed by atoms with Crippen LogP contribution in [0.25, 0.3) is 0 Å². The molecule has 3 aromatic carbocycles. The Bertz CT molecular complexity index is 1350. The standard InChI is InChI=1S/C23H31N.C10H11NO3.2ClH.Ru/c1-6-18-12-11-13-19(7-2)21(18)24-17-23(5,16-22(24,3)4)20-14-9-8-10-15-20;1-7(2)14-10-5-4-9(11(12)13)6-8(10)3;;;/h8-15H,6-7,16-17H2,1-5H3;3-7H,1-2H3;2*1H;/q;;;;+2/p-2. The van der Waals surface area contributed by atoms with E-state index in [4.69, 9.17) is 24.1 Å². The van der Waals surface area contributed by atoms with Gasteiger partial charge >= 0.3 is 112 Å². The molecule has 3 aromatic rings. The number of anilines is 1. The molecule has 1 aliphatic heterocycles. The fraction of sp³-hybridized carbons (Fsp3) is 0.424. The smallest absolute Gasteiger partial charge is 0.0435 e. The van der Waals surface area contributed by atoms with Crippen LogP contribution >= 0.6 is 19.4 Å². The molecule has 0 spiro atoms. The molecule has 224 valence electrons.